The van der Waals surface area contributed by atoms with Crippen LogP contribution in [0.4, 0.5) is 17.6 Å². The second kappa shape index (κ2) is 49.9. The monoisotopic (exact) mass is 3060 g/mol. The number of carbonyl (C=O) groups excluding carboxylic acids is 2. The van der Waals surface area contributed by atoms with E-state index >= 15 is 0 Å². The smallest absolute Gasteiger partial charge is 0.354 e. The number of halogens is 4. The van der Waals surface area contributed by atoms with Crippen LogP contribution in [0.2, 0.25) is 0 Å². The molecule has 0 bridgehead atoms. The number of hydrogen-bond donors (Lipinski definition) is 4. The fourth-order valence-electron chi connectivity index (χ4n) is 19.4. The van der Waals surface area contributed by atoms with Gasteiger partial charge in [0.1, 0.15) is 11.4 Å². The predicted molar refractivity (Wildman–Crippen MR) is 558 cm³/mol. The molecule has 0 atom stereocenters. The van der Waals surface area contributed by atoms with Crippen LogP contribution in [0.15, 0.2) is 364 Å². The molecule has 6 aliphatic carbocycles. The quantitative estimate of drug-likeness (QED) is 0.0553. The topological polar surface area (TPSA) is 252 Å². The number of ketones is 2. The number of aromatic nitrogens is 8. The normalized spacial score (nSPS) is 13.2. The third-order valence-electron chi connectivity index (χ3n) is 25.8. The second-order valence-electron chi connectivity index (χ2n) is 36.4. The van der Waals surface area contributed by atoms with Crippen molar-refractivity contribution in [3.8, 4) is 67.5 Å². The zero-order valence-corrected chi connectivity index (χ0v) is 96.3. The summed E-state index contributed by atoms with van der Waals surface area (Å²) in [7, 11) is 0. The zero-order valence-electron chi connectivity index (χ0n) is 82.2. The number of pyridine rings is 8. The Morgan fingerprint density at radius 1 is 0.260 bits per heavy atom. The van der Waals surface area contributed by atoms with E-state index in [9.17, 15) is 36.7 Å². The number of hydrogen-bond acceptors (Lipinski definition) is 14. The van der Waals surface area contributed by atoms with Crippen LogP contribution in [-0.2, 0) is 167 Å². The van der Waals surface area contributed by atoms with Crippen molar-refractivity contribution in [3.63, 3.8) is 0 Å². The van der Waals surface area contributed by atoms with Crippen molar-refractivity contribution in [1.82, 2.24) is 39.9 Å². The second-order valence-corrected chi connectivity index (χ2v) is 36.4. The van der Waals surface area contributed by atoms with Crippen LogP contribution >= 0.6 is 0 Å². The van der Waals surface area contributed by atoms with Gasteiger partial charge in [0.05, 0.1) is 11.5 Å². The molecule has 768 valence electrons. The minimum Gasteiger partial charge on any atom is -0.512 e. The molecule has 6 aliphatic rings. The maximum absolute atomic E-state index is 14.6. The van der Waals surface area contributed by atoms with Crippen LogP contribution in [0.3, 0.4) is 0 Å². The first kappa shape index (κ1) is 117. The molecule has 4 N–H and O–H groups in total. The van der Waals surface area contributed by atoms with Crippen molar-refractivity contribution < 1.29 is 180 Å². The number of carboxylic acid groups (broad SMARTS) is 2. The van der Waals surface area contributed by atoms with Crippen LogP contribution < -0.4 is 0 Å². The van der Waals surface area contributed by atoms with Gasteiger partial charge in [0.15, 0.2) is 11.6 Å². The van der Waals surface area contributed by atoms with E-state index in [1.54, 1.807) is 85.2 Å². The first-order valence-electron chi connectivity index (χ1n) is 46.4. The number of aliphatic hydroxyl groups excluding tert-OH is 2. The number of aliphatic hydroxyl groups is 2. The molecule has 16 nitrogen and oxygen atoms in total. The van der Waals surface area contributed by atoms with E-state index in [0.29, 0.717) is 33.3 Å². The van der Waals surface area contributed by atoms with E-state index in [4.69, 9.17) is 20.4 Å². The molecule has 0 saturated carbocycles. The number of benzene rings is 12. The Bertz CT molecular complexity index is 7560. The average molecular weight is 3060 g/mol. The minimum atomic E-state index is -3.00. The first-order valence-corrected chi connectivity index (χ1v) is 46.4. The van der Waals surface area contributed by atoms with Gasteiger partial charge in [-0.05, 0) is 227 Å². The summed E-state index contributed by atoms with van der Waals surface area (Å²) >= 11 is 0. The molecule has 150 heavy (non-hydrogen) atoms. The molecule has 0 aliphatic heterocycles. The van der Waals surface area contributed by atoms with Crippen molar-refractivity contribution in [2.75, 3.05) is 0 Å². The van der Waals surface area contributed by atoms with Gasteiger partial charge in [0.2, 0.25) is 0 Å². The summed E-state index contributed by atoms with van der Waals surface area (Å²) in [4.78, 5) is 74.4. The van der Waals surface area contributed by atoms with Gasteiger partial charge in [-0.25, -0.2) is 37.1 Å². The van der Waals surface area contributed by atoms with Gasteiger partial charge >= 0.3 is 11.9 Å². The van der Waals surface area contributed by atoms with Crippen LogP contribution in [-0.4, -0.2) is 83.8 Å². The molecule has 20 aromatic rings. The van der Waals surface area contributed by atoms with Crippen molar-refractivity contribution in [2.45, 2.75) is 104 Å². The molecule has 8 aromatic heterocycles. The summed E-state index contributed by atoms with van der Waals surface area (Å²) < 4.78 is 58.4. The van der Waals surface area contributed by atoms with E-state index in [2.05, 4.69) is 257 Å². The molecule has 0 unspecified atom stereocenters. The van der Waals surface area contributed by atoms with Crippen LogP contribution in [0, 0.1) is 36.4 Å². The maximum Gasteiger partial charge on any atom is 0.354 e. The molecule has 26 rings (SSSR count). The van der Waals surface area contributed by atoms with Gasteiger partial charge in [0, 0.05) is 195 Å². The largest absolute Gasteiger partial charge is 0.512 e. The van der Waals surface area contributed by atoms with Crippen LogP contribution in [0.1, 0.15) is 157 Å². The van der Waals surface area contributed by atoms with Crippen molar-refractivity contribution in [1.29, 1.82) is 0 Å². The van der Waals surface area contributed by atoms with Gasteiger partial charge in [0.25, 0.3) is 11.8 Å². The Labute approximate surface area is 949 Å². The summed E-state index contributed by atoms with van der Waals surface area (Å²) in [6, 6.07) is 111. The molecule has 12 aromatic carbocycles. The Kier molecular flexibility index (Phi) is 38.9. The Hall–Kier alpha value is -13.5. The Balaban J connectivity index is 0.000000160. The minimum absolute atomic E-state index is 0. The molecule has 26 heteroatoms. The summed E-state index contributed by atoms with van der Waals surface area (Å²) in [6.07, 6.45) is 17.1. The van der Waals surface area contributed by atoms with Crippen LogP contribution in [0.5, 0.6) is 0 Å². The molecular weight excluding hydrogens is 2960 g/mol. The zero-order chi connectivity index (χ0) is 102. The van der Waals surface area contributed by atoms with E-state index in [0.717, 1.165) is 62.2 Å². The van der Waals surface area contributed by atoms with Gasteiger partial charge in [-0.15, -0.1) is 201 Å². The van der Waals surface area contributed by atoms with E-state index in [-0.39, 0.29) is 196 Å². The number of carbonyl (C=O) groups is 4. The summed E-state index contributed by atoms with van der Waals surface area (Å²) in [5, 5.41) is 46.2. The fraction of sp³-hybridized carbons (Fsp3) is 0.129. The van der Waals surface area contributed by atoms with Crippen LogP contribution in [0.25, 0.3) is 132 Å². The number of rotatable bonds is 4. The standard InChI is InChI=1S/3C18H14N.2C16H8F2N.C16H10N.2C6H5NO2.2C5H8O2.4Ir.2Pt/c3*1-18(2)14-8-4-3-7-13(14)17-16-12(10-11-19-17)6-5-9-15(16)18;2*17-16(18)12-6-2-1-5-11(12)15-14-10(8-9-19-15)4-3-7-13(14)16;1-2-7-14-12(4-1)10-13-6-3-5-11-8-9-17-16(14)15(11)13;2*8-6(9)5-3-1-2-4-7-5;2*1-4(6)3-5(2)7;;;;;;/h3*3-6,8-11H,1-2H3;2*1-4,6-9H;1-6,8-9H,10H2;2*1-4H,(H,8,9);2*3,6H,1-2H3;;;;;;/q6*-1;;;;;;;;;;. The summed E-state index contributed by atoms with van der Waals surface area (Å²) in [5.74, 6) is -8.10. The SMILES string of the molecule is CC(=O)C=C(C)O.CC(=O)C=C(C)O.CC1(C)c2ccc[c-]c2-c2nccc3cccc1c23.CC1(C)c2ccc[c-]c2-c2nccc3cccc1c23.CC1(C)c2ccc[c-]c2-c2nccc3cccc1c23.FC1(F)c2ccc[c-]c2-c2nccc3cccc1c23.FC1(F)c2ccc[c-]c2-c2nccc3cccc1c23.O=C(O)c1ccccn1.O=C(O)c1ccccn1.[Ir].[Ir].[Ir].[Ir].[Pt].[Pt].[c-]1cccc2c1-c1nccc3cccc(c13)C2. The van der Waals surface area contributed by atoms with Gasteiger partial charge in [-0.2, -0.15) is 0 Å². The van der Waals surface area contributed by atoms with E-state index < -0.39 is 23.8 Å². The van der Waals surface area contributed by atoms with Crippen molar-refractivity contribution in [2.24, 2.45) is 0 Å². The molecule has 0 amide bonds. The molecule has 0 spiro atoms. The Morgan fingerprint density at radius 3 is 0.753 bits per heavy atom. The molecule has 0 fully saturated rings. The van der Waals surface area contributed by atoms with Crippen molar-refractivity contribution in [3.05, 3.63) is 479 Å². The van der Waals surface area contributed by atoms with E-state index in [1.165, 1.54) is 176 Å². The first-order chi connectivity index (χ1) is 69.3. The van der Waals surface area contributed by atoms with Gasteiger partial charge < -0.3 is 50.3 Å². The number of alkyl halides is 4. The fourth-order valence-corrected chi connectivity index (χ4v) is 19.4. The third kappa shape index (κ3) is 23.9. The maximum atomic E-state index is 14.6. The predicted octanol–water partition coefficient (Wildman–Crippen LogP) is 28.6. The van der Waals surface area contributed by atoms with Gasteiger partial charge in [-0.1, -0.05) is 180 Å². The third-order valence-corrected chi connectivity index (χ3v) is 25.8. The molecule has 4 radical (unpaired) electrons. The average Bonchev–Trinajstić information content (AvgIpc) is 0.726. The van der Waals surface area contributed by atoms with Crippen molar-refractivity contribution >= 4 is 88.1 Å². The number of nitrogens with zero attached hydrogens (tertiary/aromatic N) is 8. The molecular formula is C124H94F4Ir4N8O8Pt2-6. The van der Waals surface area contributed by atoms with E-state index in [1.807, 2.05) is 67.3 Å². The number of aromatic carboxylic acids is 2. The molecule has 0 saturated heterocycles. The number of carboxylic acids is 2. The van der Waals surface area contributed by atoms with Gasteiger partial charge in [-0.3, -0.25) is 9.59 Å². The Morgan fingerprint density at radius 2 is 0.493 bits per heavy atom. The number of fused-ring (bicyclic) bond motifs is 12. The summed E-state index contributed by atoms with van der Waals surface area (Å²) in [5.41, 5.74) is 21.8. The number of allylic oxidation sites excluding steroid dienone is 4. The molecule has 8 heterocycles. The summed E-state index contributed by atoms with van der Waals surface area (Å²) in [6.45, 7) is 19.4.